The summed E-state index contributed by atoms with van der Waals surface area (Å²) >= 11 is 0. The molecule has 2 rings (SSSR count). The van der Waals surface area contributed by atoms with Crippen molar-refractivity contribution in [1.29, 1.82) is 0 Å². The van der Waals surface area contributed by atoms with Gasteiger partial charge in [0, 0.05) is 46.7 Å². The van der Waals surface area contributed by atoms with Crippen molar-refractivity contribution in [2.75, 3.05) is 13.7 Å². The molecule has 10 atom stereocenters. The largest absolute Gasteiger partial charge is 0.539 e. The number of carbonyl (C=O) groups is 1. The Morgan fingerprint density at radius 3 is 2.29 bits per heavy atom. The summed E-state index contributed by atoms with van der Waals surface area (Å²) in [6, 6.07) is -0.841. The number of methoxy groups -OCH3 is 1. The first-order valence-corrected chi connectivity index (χ1v) is 8.54. The van der Waals surface area contributed by atoms with Crippen LogP contribution in [0.15, 0.2) is 0 Å². The van der Waals surface area contributed by atoms with Crippen LogP contribution in [0.4, 0.5) is 0 Å². The van der Waals surface area contributed by atoms with Gasteiger partial charge in [0.1, 0.15) is 30.5 Å². The number of nitrogens with one attached hydrogen (secondary N) is 1. The normalized spacial score (nSPS) is 43.7. The molecule has 4 unspecified atom stereocenters. The van der Waals surface area contributed by atoms with Crippen molar-refractivity contribution < 1.29 is 81.7 Å². The van der Waals surface area contributed by atoms with Crippen LogP contribution in [-0.4, -0.2) is 107 Å². The van der Waals surface area contributed by atoms with Crippen LogP contribution in [0.3, 0.4) is 0 Å². The smallest absolute Gasteiger partial charge is 0.217 e. The second-order valence-corrected chi connectivity index (χ2v) is 6.60. The predicted octanol–water partition coefficient (Wildman–Crippen LogP) is -3.41. The van der Waals surface area contributed by atoms with Gasteiger partial charge in [-0.15, -0.1) is 0 Å². The van der Waals surface area contributed by atoms with Crippen LogP contribution in [0.2, 0.25) is 0 Å². The summed E-state index contributed by atoms with van der Waals surface area (Å²) in [5.41, 5.74) is 0. The molecule has 28 heavy (non-hydrogen) atoms. The molecule has 0 aromatic heterocycles. The third-order valence-corrected chi connectivity index (χ3v) is 4.74. The fourth-order valence-electron chi connectivity index (χ4n) is 3.34. The molecule has 0 aromatic rings. The quantitative estimate of drug-likeness (QED) is 0.242. The topological polar surface area (TPSA) is 164 Å². The molecule has 2 aliphatic rings. The van der Waals surface area contributed by atoms with Crippen LogP contribution in [0.25, 0.3) is 0 Å². The minimum atomic E-state index is -1.60. The molecule has 2 fully saturated rings. The summed E-state index contributed by atoms with van der Waals surface area (Å²) in [6.45, 7) is 2.37. The van der Waals surface area contributed by atoms with Crippen LogP contribution in [0.1, 0.15) is 13.8 Å². The van der Waals surface area contributed by atoms with E-state index in [1.54, 1.807) is 13.2 Å². The van der Waals surface area contributed by atoms with E-state index in [9.17, 15) is 30.0 Å². The molecule has 159 valence electrons. The molecule has 0 aromatic carbocycles. The predicted molar refractivity (Wildman–Crippen MR) is 87.1 cm³/mol. The Labute approximate surface area is 187 Å². The van der Waals surface area contributed by atoms with E-state index in [1.165, 1.54) is 14.0 Å². The van der Waals surface area contributed by atoms with E-state index in [-0.39, 0.29) is 32.7 Å². The van der Waals surface area contributed by atoms with Gasteiger partial charge >= 0.3 is 0 Å². The Morgan fingerprint density at radius 2 is 1.79 bits per heavy atom. The third kappa shape index (κ3) is 5.54. The molecule has 11 nitrogen and oxygen atoms in total. The Bertz CT molecular complexity index is 526. The van der Waals surface area contributed by atoms with Crippen LogP contribution < -0.4 is 5.32 Å². The van der Waals surface area contributed by atoms with Crippen LogP contribution >= 0.6 is 0 Å². The van der Waals surface area contributed by atoms with E-state index in [4.69, 9.17) is 18.9 Å². The molecule has 0 aliphatic carbocycles. The number of carbonyl (C=O) groups excluding carboxylic acids is 2. The minimum Gasteiger partial charge on any atom is -0.539 e. The Balaban J connectivity index is 0.00000392. The summed E-state index contributed by atoms with van der Waals surface area (Å²) in [5.74, 6) is -0.414. The molecule has 1 amide bonds. The molecule has 0 spiro atoms. The number of amides is 1. The van der Waals surface area contributed by atoms with Crippen molar-refractivity contribution in [3.63, 3.8) is 0 Å². The number of aliphatic hydroxyl groups is 4. The summed E-state index contributed by atoms with van der Waals surface area (Å²) in [6.07, 6.45) is -9.73. The number of ether oxygens (including phenoxy) is 4. The maximum Gasteiger partial charge on any atom is 0.217 e. The molecular weight excluding hydrogens is 455 g/mol. The molecule has 12 heteroatoms. The first-order chi connectivity index (χ1) is 12.7. The average molecular weight is 481 g/mol. The van der Waals surface area contributed by atoms with Crippen molar-refractivity contribution in [2.24, 2.45) is 0 Å². The fraction of sp³-hybridized carbons (Fsp3) is 0.875. The molecule has 1 radical (unpaired) electrons. The standard InChI is InChI=1S/C16H26NO10.Y/c1-6-10(17-7(2)20)15(11(21)8(4-18)25-6)27-16-13(23)12(22)14(24-3)9(5-19)26-16;/h6,8-16,18,21-23H,4H2,1-3H3,(H,17,20);/q-1;/t6-,8?,9+,10-,11-,12?,13?,14+,15?,16+;/m0./s1. The molecule has 0 saturated carbocycles. The monoisotopic (exact) mass is 481 g/mol. The van der Waals surface area contributed by atoms with E-state index in [1.807, 2.05) is 0 Å². The van der Waals surface area contributed by atoms with E-state index in [0.717, 1.165) is 0 Å². The number of rotatable bonds is 6. The summed E-state index contributed by atoms with van der Waals surface area (Å²) < 4.78 is 21.4. The summed E-state index contributed by atoms with van der Waals surface area (Å²) in [5, 5.41) is 42.9. The maximum absolute atomic E-state index is 11.5. The first-order valence-electron chi connectivity index (χ1n) is 8.54. The van der Waals surface area contributed by atoms with E-state index in [0.29, 0.717) is 0 Å². The minimum absolute atomic E-state index is 0. The van der Waals surface area contributed by atoms with Gasteiger partial charge in [-0.1, -0.05) is 0 Å². The average Bonchev–Trinajstić information content (AvgIpc) is 2.63. The van der Waals surface area contributed by atoms with Crippen molar-refractivity contribution in [3.8, 4) is 0 Å². The number of hydrogen-bond acceptors (Lipinski definition) is 10. The zero-order valence-electron chi connectivity index (χ0n) is 15.8. The zero-order chi connectivity index (χ0) is 20.3. The van der Waals surface area contributed by atoms with Gasteiger partial charge < -0.3 is 49.5 Å². The fourth-order valence-corrected chi connectivity index (χ4v) is 3.34. The van der Waals surface area contributed by atoms with Gasteiger partial charge in [-0.3, -0.25) is 4.79 Å². The second kappa shape index (κ2) is 11.4. The molecule has 2 saturated heterocycles. The van der Waals surface area contributed by atoms with Crippen molar-refractivity contribution >= 4 is 12.2 Å². The van der Waals surface area contributed by atoms with Gasteiger partial charge in [0.15, 0.2) is 6.29 Å². The SMILES string of the molecule is CO[C@H]1C(O)C(O)[C@@H](OC2[C@@H](O)C(CO)O[C@@H](C)[C@@H]2NC(C)=O)O[C@@H]1[C-]=O.[Y]. The Kier molecular flexibility index (Phi) is 10.5. The molecule has 2 heterocycles. The third-order valence-electron chi connectivity index (χ3n) is 4.74. The molecular formula is C16H26NO10Y-. The van der Waals surface area contributed by atoms with Crippen molar-refractivity contribution in [1.82, 2.24) is 5.32 Å². The van der Waals surface area contributed by atoms with Gasteiger partial charge in [-0.05, 0) is 13.0 Å². The number of hydrogen-bond donors (Lipinski definition) is 5. The van der Waals surface area contributed by atoms with Crippen LogP contribution in [-0.2, 0) is 61.2 Å². The van der Waals surface area contributed by atoms with Crippen LogP contribution in [0.5, 0.6) is 0 Å². The zero-order valence-corrected chi connectivity index (χ0v) is 18.6. The van der Waals surface area contributed by atoms with Gasteiger partial charge in [0.05, 0.1) is 24.9 Å². The van der Waals surface area contributed by atoms with Crippen molar-refractivity contribution in [2.45, 2.75) is 75.0 Å². The van der Waals surface area contributed by atoms with Gasteiger partial charge in [0.2, 0.25) is 5.91 Å². The maximum atomic E-state index is 11.5. The van der Waals surface area contributed by atoms with Gasteiger partial charge in [0.25, 0.3) is 0 Å². The first kappa shape index (κ1) is 26.0. The molecule has 5 N–H and O–H groups in total. The Hall–Kier alpha value is -0.0761. The van der Waals surface area contributed by atoms with E-state index in [2.05, 4.69) is 5.32 Å². The van der Waals surface area contributed by atoms with Gasteiger partial charge in [-0.25, -0.2) is 6.29 Å². The summed E-state index contributed by atoms with van der Waals surface area (Å²) in [7, 11) is 1.23. The van der Waals surface area contributed by atoms with E-state index >= 15 is 0 Å². The molecule has 0 bridgehead atoms. The number of aliphatic hydroxyl groups excluding tert-OH is 4. The van der Waals surface area contributed by atoms with Crippen LogP contribution in [0, 0.1) is 0 Å². The van der Waals surface area contributed by atoms with Gasteiger partial charge in [-0.2, -0.15) is 0 Å². The molecule has 2 aliphatic heterocycles. The Morgan fingerprint density at radius 1 is 1.14 bits per heavy atom. The second-order valence-electron chi connectivity index (χ2n) is 6.60. The summed E-state index contributed by atoms with van der Waals surface area (Å²) in [4.78, 5) is 22.6. The van der Waals surface area contributed by atoms with Crippen molar-refractivity contribution in [3.05, 3.63) is 0 Å². The van der Waals surface area contributed by atoms with E-state index < -0.39 is 73.7 Å².